The van der Waals surface area contributed by atoms with E-state index in [1.807, 2.05) is 0 Å². The molecule has 0 aromatic carbocycles. The molecule has 0 radical (unpaired) electrons. The number of anilines is 1. The number of nitrogens with zero attached hydrogens (tertiary/aromatic N) is 2. The number of ether oxygens (including phenoxy) is 1. The summed E-state index contributed by atoms with van der Waals surface area (Å²) in [4.78, 5) is 40.8. The SMILES string of the molecule is CC(C)CCNc1nc(C(=O)O[C@@H](C)C(=O)N2CCNC2=O)cs1. The number of hydrogen-bond acceptors (Lipinski definition) is 7. The lowest BCUT2D eigenvalue weighted by Gasteiger charge is -2.17. The van der Waals surface area contributed by atoms with Crippen molar-refractivity contribution < 1.29 is 19.1 Å². The van der Waals surface area contributed by atoms with Crippen LogP contribution in [0.3, 0.4) is 0 Å². The summed E-state index contributed by atoms with van der Waals surface area (Å²) in [6.07, 6.45) is -0.0385. The molecular weight excluding hydrogens is 332 g/mol. The smallest absolute Gasteiger partial charge is 0.358 e. The molecule has 0 bridgehead atoms. The van der Waals surface area contributed by atoms with Crippen LogP contribution < -0.4 is 10.6 Å². The van der Waals surface area contributed by atoms with Crippen molar-refractivity contribution in [3.05, 3.63) is 11.1 Å². The molecule has 24 heavy (non-hydrogen) atoms. The van der Waals surface area contributed by atoms with Gasteiger partial charge in [0, 0.05) is 25.0 Å². The largest absolute Gasteiger partial charge is 0.448 e. The van der Waals surface area contributed by atoms with Crippen molar-refractivity contribution in [2.75, 3.05) is 25.0 Å². The summed E-state index contributed by atoms with van der Waals surface area (Å²) >= 11 is 1.31. The molecule has 1 atom stereocenters. The second kappa shape index (κ2) is 8.09. The molecule has 2 heterocycles. The Labute approximate surface area is 144 Å². The molecule has 0 spiro atoms. The van der Waals surface area contributed by atoms with E-state index < -0.39 is 24.0 Å². The number of esters is 1. The number of urea groups is 1. The number of thiazole rings is 1. The summed E-state index contributed by atoms with van der Waals surface area (Å²) in [6.45, 7) is 7.16. The Morgan fingerprint density at radius 2 is 2.21 bits per heavy atom. The van der Waals surface area contributed by atoms with Gasteiger partial charge in [0.25, 0.3) is 5.91 Å². The Morgan fingerprint density at radius 1 is 1.46 bits per heavy atom. The van der Waals surface area contributed by atoms with Crippen LogP contribution in [0.5, 0.6) is 0 Å². The third-order valence-electron chi connectivity index (χ3n) is 3.47. The lowest BCUT2D eigenvalue weighted by Crippen LogP contribution is -2.41. The minimum Gasteiger partial charge on any atom is -0.448 e. The van der Waals surface area contributed by atoms with Crippen LogP contribution in [0.25, 0.3) is 0 Å². The van der Waals surface area contributed by atoms with Crippen LogP contribution in [-0.2, 0) is 9.53 Å². The number of amides is 3. The highest BCUT2D eigenvalue weighted by molar-refractivity contribution is 7.13. The van der Waals surface area contributed by atoms with Gasteiger partial charge in [-0.25, -0.2) is 14.6 Å². The summed E-state index contributed by atoms with van der Waals surface area (Å²) in [5.74, 6) is -0.635. The van der Waals surface area contributed by atoms with Crippen molar-refractivity contribution in [1.82, 2.24) is 15.2 Å². The number of hydrogen-bond donors (Lipinski definition) is 2. The molecule has 1 aliphatic heterocycles. The van der Waals surface area contributed by atoms with Gasteiger partial charge in [0.15, 0.2) is 16.9 Å². The van der Waals surface area contributed by atoms with Gasteiger partial charge in [0.1, 0.15) is 0 Å². The molecule has 8 nitrogen and oxygen atoms in total. The van der Waals surface area contributed by atoms with Crippen LogP contribution in [0, 0.1) is 5.92 Å². The standard InChI is InChI=1S/C15H22N4O4S/c1-9(2)4-5-16-14-18-11(8-24-14)13(21)23-10(3)12(20)19-7-6-17-15(19)22/h8-10H,4-7H2,1-3H3,(H,16,18)(H,17,22)/t10-/m0/s1. The van der Waals surface area contributed by atoms with E-state index in [0.717, 1.165) is 17.9 Å². The summed E-state index contributed by atoms with van der Waals surface area (Å²) in [6, 6.07) is -0.465. The van der Waals surface area contributed by atoms with Crippen LogP contribution in [0.15, 0.2) is 5.38 Å². The van der Waals surface area contributed by atoms with Crippen LogP contribution in [0.2, 0.25) is 0 Å². The van der Waals surface area contributed by atoms with E-state index in [1.165, 1.54) is 18.3 Å². The number of nitrogens with one attached hydrogen (secondary N) is 2. The van der Waals surface area contributed by atoms with Crippen LogP contribution in [-0.4, -0.2) is 53.5 Å². The Balaban J connectivity index is 1.86. The Bertz CT molecular complexity index is 616. The van der Waals surface area contributed by atoms with E-state index in [9.17, 15) is 14.4 Å². The van der Waals surface area contributed by atoms with Crippen LogP contribution in [0.1, 0.15) is 37.7 Å². The van der Waals surface area contributed by atoms with Crippen molar-refractivity contribution in [1.29, 1.82) is 0 Å². The van der Waals surface area contributed by atoms with Crippen molar-refractivity contribution in [2.24, 2.45) is 5.92 Å². The van der Waals surface area contributed by atoms with Crippen molar-refractivity contribution in [3.8, 4) is 0 Å². The summed E-state index contributed by atoms with van der Waals surface area (Å²) in [5, 5.41) is 7.90. The molecule has 0 saturated carbocycles. The number of aromatic nitrogens is 1. The molecule has 1 fully saturated rings. The lowest BCUT2D eigenvalue weighted by molar-refractivity contribution is -0.136. The summed E-state index contributed by atoms with van der Waals surface area (Å²) in [5.41, 5.74) is 0.151. The van der Waals surface area contributed by atoms with Crippen LogP contribution >= 0.6 is 11.3 Å². The van der Waals surface area contributed by atoms with Gasteiger partial charge in [-0.15, -0.1) is 11.3 Å². The molecular formula is C15H22N4O4S. The number of rotatable bonds is 7. The van der Waals surface area contributed by atoms with E-state index in [0.29, 0.717) is 17.6 Å². The normalized spacial score (nSPS) is 15.3. The van der Waals surface area contributed by atoms with E-state index in [-0.39, 0.29) is 12.2 Å². The minimum absolute atomic E-state index is 0.151. The molecule has 1 aromatic rings. The van der Waals surface area contributed by atoms with Gasteiger partial charge in [-0.3, -0.25) is 9.69 Å². The summed E-state index contributed by atoms with van der Waals surface area (Å²) in [7, 11) is 0. The van der Waals surface area contributed by atoms with Crippen molar-refractivity contribution in [2.45, 2.75) is 33.3 Å². The molecule has 1 aliphatic rings. The van der Waals surface area contributed by atoms with Gasteiger partial charge in [0.05, 0.1) is 0 Å². The molecule has 9 heteroatoms. The first kappa shape index (κ1) is 18.2. The Morgan fingerprint density at radius 3 is 2.83 bits per heavy atom. The van der Waals surface area contributed by atoms with E-state index in [1.54, 1.807) is 5.38 Å². The first-order chi connectivity index (χ1) is 11.4. The quantitative estimate of drug-likeness (QED) is 0.723. The van der Waals surface area contributed by atoms with Gasteiger partial charge in [-0.2, -0.15) is 0 Å². The van der Waals surface area contributed by atoms with E-state index in [4.69, 9.17) is 4.74 Å². The topological polar surface area (TPSA) is 101 Å². The maximum Gasteiger partial charge on any atom is 0.358 e. The second-order valence-electron chi connectivity index (χ2n) is 5.92. The zero-order chi connectivity index (χ0) is 17.7. The fourth-order valence-electron chi connectivity index (χ4n) is 2.09. The van der Waals surface area contributed by atoms with Crippen LogP contribution in [0.4, 0.5) is 9.93 Å². The fourth-order valence-corrected chi connectivity index (χ4v) is 2.80. The Kier molecular flexibility index (Phi) is 6.13. The first-order valence-electron chi connectivity index (χ1n) is 7.88. The van der Waals surface area contributed by atoms with Gasteiger partial charge < -0.3 is 15.4 Å². The predicted octanol–water partition coefficient (Wildman–Crippen LogP) is 1.70. The molecule has 0 unspecified atom stereocenters. The predicted molar refractivity (Wildman–Crippen MR) is 90.0 cm³/mol. The summed E-state index contributed by atoms with van der Waals surface area (Å²) < 4.78 is 5.12. The number of carbonyl (C=O) groups is 3. The molecule has 0 aliphatic carbocycles. The third kappa shape index (κ3) is 4.67. The second-order valence-corrected chi connectivity index (χ2v) is 6.77. The lowest BCUT2D eigenvalue weighted by atomic mass is 10.1. The molecule has 2 N–H and O–H groups in total. The average molecular weight is 354 g/mol. The molecule has 1 saturated heterocycles. The highest BCUT2D eigenvalue weighted by Gasteiger charge is 2.32. The highest BCUT2D eigenvalue weighted by atomic mass is 32.1. The maximum absolute atomic E-state index is 12.1. The zero-order valence-corrected chi connectivity index (χ0v) is 14.8. The molecule has 132 valence electrons. The van der Waals surface area contributed by atoms with Crippen molar-refractivity contribution >= 4 is 34.4 Å². The third-order valence-corrected chi connectivity index (χ3v) is 4.27. The fraction of sp³-hybridized carbons (Fsp3) is 0.600. The average Bonchev–Trinajstić information content (AvgIpc) is 3.15. The zero-order valence-electron chi connectivity index (χ0n) is 14.0. The molecule has 3 amide bonds. The van der Waals surface area contributed by atoms with Gasteiger partial charge in [-0.1, -0.05) is 13.8 Å². The van der Waals surface area contributed by atoms with Crippen molar-refractivity contribution in [3.63, 3.8) is 0 Å². The van der Waals surface area contributed by atoms with Gasteiger partial charge in [-0.05, 0) is 19.3 Å². The van der Waals surface area contributed by atoms with E-state index >= 15 is 0 Å². The molecule has 2 rings (SSSR count). The monoisotopic (exact) mass is 354 g/mol. The van der Waals surface area contributed by atoms with Gasteiger partial charge >= 0.3 is 12.0 Å². The minimum atomic E-state index is -1.04. The number of carbonyl (C=O) groups excluding carboxylic acids is 3. The highest BCUT2D eigenvalue weighted by Crippen LogP contribution is 2.17. The Hall–Kier alpha value is -2.16. The number of imide groups is 1. The maximum atomic E-state index is 12.1. The molecule has 1 aromatic heterocycles. The van der Waals surface area contributed by atoms with Gasteiger partial charge in [0.2, 0.25) is 0 Å². The first-order valence-corrected chi connectivity index (χ1v) is 8.76. The van der Waals surface area contributed by atoms with E-state index in [2.05, 4.69) is 29.5 Å².